The zero-order valence-corrected chi connectivity index (χ0v) is 22.1. The first-order valence-electron chi connectivity index (χ1n) is 13.3. The van der Waals surface area contributed by atoms with Gasteiger partial charge in [0.15, 0.2) is 0 Å². The van der Waals surface area contributed by atoms with E-state index in [1.165, 1.54) is 31.1 Å². The summed E-state index contributed by atoms with van der Waals surface area (Å²) in [5.41, 5.74) is 6.26. The highest BCUT2D eigenvalue weighted by Gasteiger charge is 2.30. The lowest BCUT2D eigenvalue weighted by Gasteiger charge is -2.31. The van der Waals surface area contributed by atoms with Crippen molar-refractivity contribution in [2.75, 3.05) is 4.90 Å². The van der Waals surface area contributed by atoms with Crippen molar-refractivity contribution in [3.63, 3.8) is 0 Å². The molecule has 0 atom stereocenters. The maximum absolute atomic E-state index is 5.23. The molecule has 0 spiro atoms. The van der Waals surface area contributed by atoms with Gasteiger partial charge in [0.2, 0.25) is 5.95 Å². The fraction of sp³-hybridized carbons (Fsp3) is 0. The van der Waals surface area contributed by atoms with Crippen LogP contribution >= 0.6 is 11.3 Å². The average molecular weight is 529 g/mol. The molecule has 5 aromatic carbocycles. The second-order valence-corrected chi connectivity index (χ2v) is 11.1. The van der Waals surface area contributed by atoms with Crippen LogP contribution in [0.5, 0.6) is 0 Å². The number of hydrogen-bond acceptors (Lipinski definition) is 5. The Hall–Kier alpha value is -5.13. The molecule has 3 aromatic heterocycles. The fourth-order valence-electron chi connectivity index (χ4n) is 6.11. The van der Waals surface area contributed by atoms with Gasteiger partial charge in [0.25, 0.3) is 0 Å². The molecule has 0 radical (unpaired) electrons. The molecule has 5 heteroatoms. The van der Waals surface area contributed by atoms with Gasteiger partial charge in [-0.05, 0) is 35.9 Å². The number of para-hydroxylation sites is 2. The molecule has 186 valence electrons. The molecule has 4 heterocycles. The highest BCUT2D eigenvalue weighted by atomic mass is 32.1. The number of rotatable bonds is 2. The van der Waals surface area contributed by atoms with Crippen molar-refractivity contribution >= 4 is 70.6 Å². The lowest BCUT2D eigenvalue weighted by molar-refractivity contribution is 1.08. The minimum atomic E-state index is 0.618. The monoisotopic (exact) mass is 528 g/mol. The average Bonchev–Trinajstić information content (AvgIpc) is 3.40. The van der Waals surface area contributed by atoms with Crippen LogP contribution < -0.4 is 4.90 Å². The number of benzene rings is 5. The second-order valence-electron chi connectivity index (χ2n) is 10.1. The van der Waals surface area contributed by atoms with E-state index >= 15 is 0 Å². The van der Waals surface area contributed by atoms with Gasteiger partial charge >= 0.3 is 0 Å². The summed E-state index contributed by atoms with van der Waals surface area (Å²) in [6.07, 6.45) is 1.92. The minimum absolute atomic E-state index is 0.618. The van der Waals surface area contributed by atoms with Gasteiger partial charge in [0, 0.05) is 53.7 Å². The molecule has 0 amide bonds. The van der Waals surface area contributed by atoms with Gasteiger partial charge in [-0.15, -0.1) is 11.3 Å². The van der Waals surface area contributed by atoms with Crippen LogP contribution in [0, 0.1) is 0 Å². The summed E-state index contributed by atoms with van der Waals surface area (Å²) in [6.45, 7) is 0. The Labute approximate surface area is 233 Å². The Morgan fingerprint density at radius 2 is 1.38 bits per heavy atom. The van der Waals surface area contributed by atoms with Gasteiger partial charge in [0.05, 0.1) is 16.9 Å². The van der Waals surface area contributed by atoms with Crippen LogP contribution in [0.2, 0.25) is 0 Å². The molecule has 0 fully saturated rings. The van der Waals surface area contributed by atoms with Crippen molar-refractivity contribution in [1.82, 2.24) is 15.0 Å². The molecule has 4 nitrogen and oxygen atoms in total. The van der Waals surface area contributed by atoms with Crippen molar-refractivity contribution in [3.8, 4) is 22.4 Å². The highest BCUT2D eigenvalue weighted by Crippen LogP contribution is 2.52. The van der Waals surface area contributed by atoms with E-state index in [0.29, 0.717) is 5.95 Å². The summed E-state index contributed by atoms with van der Waals surface area (Å²) in [4.78, 5) is 17.5. The van der Waals surface area contributed by atoms with Gasteiger partial charge in [-0.25, -0.2) is 15.0 Å². The number of anilines is 3. The molecule has 40 heavy (non-hydrogen) atoms. The quantitative estimate of drug-likeness (QED) is 0.224. The maximum Gasteiger partial charge on any atom is 0.237 e. The number of aromatic nitrogens is 3. The molecule has 0 aliphatic carbocycles. The van der Waals surface area contributed by atoms with Crippen molar-refractivity contribution in [2.24, 2.45) is 0 Å². The largest absolute Gasteiger partial charge is 0.262 e. The van der Waals surface area contributed by atoms with Crippen LogP contribution in [0.1, 0.15) is 0 Å². The molecule has 1 aliphatic rings. The predicted molar refractivity (Wildman–Crippen MR) is 167 cm³/mol. The zero-order valence-electron chi connectivity index (χ0n) is 21.2. The summed E-state index contributed by atoms with van der Waals surface area (Å²) in [5, 5.41) is 5.96. The van der Waals surface area contributed by atoms with Crippen LogP contribution in [-0.2, 0) is 0 Å². The maximum atomic E-state index is 5.23. The number of fused-ring (bicyclic) bond motifs is 7. The van der Waals surface area contributed by atoms with E-state index in [1.54, 1.807) is 0 Å². The number of pyridine rings is 1. The van der Waals surface area contributed by atoms with E-state index in [1.807, 2.05) is 35.7 Å². The van der Waals surface area contributed by atoms with Crippen LogP contribution in [0.3, 0.4) is 0 Å². The molecule has 8 aromatic rings. The summed E-state index contributed by atoms with van der Waals surface area (Å²) >= 11 is 1.85. The molecule has 0 N–H and O–H groups in total. The van der Waals surface area contributed by atoms with Gasteiger partial charge in [-0.1, -0.05) is 84.9 Å². The van der Waals surface area contributed by atoms with E-state index in [9.17, 15) is 0 Å². The Bertz CT molecular complexity index is 2290. The van der Waals surface area contributed by atoms with Gasteiger partial charge in [-0.3, -0.25) is 4.90 Å². The van der Waals surface area contributed by atoms with E-state index in [-0.39, 0.29) is 0 Å². The minimum Gasteiger partial charge on any atom is -0.262 e. The Balaban J connectivity index is 1.40. The second kappa shape index (κ2) is 8.18. The van der Waals surface area contributed by atoms with Crippen molar-refractivity contribution < 1.29 is 0 Å². The van der Waals surface area contributed by atoms with Gasteiger partial charge in [0.1, 0.15) is 5.82 Å². The number of nitrogens with zero attached hydrogens (tertiary/aromatic N) is 4. The summed E-state index contributed by atoms with van der Waals surface area (Å²) < 4.78 is 2.58. The van der Waals surface area contributed by atoms with E-state index in [4.69, 9.17) is 15.0 Å². The topological polar surface area (TPSA) is 41.9 Å². The summed E-state index contributed by atoms with van der Waals surface area (Å²) in [7, 11) is 0. The Kier molecular flexibility index (Phi) is 4.45. The lowest BCUT2D eigenvalue weighted by Crippen LogP contribution is -2.19. The first-order valence-corrected chi connectivity index (χ1v) is 14.1. The van der Waals surface area contributed by atoms with Crippen molar-refractivity contribution in [2.45, 2.75) is 0 Å². The Morgan fingerprint density at radius 3 is 2.30 bits per heavy atom. The van der Waals surface area contributed by atoms with Crippen molar-refractivity contribution in [1.29, 1.82) is 0 Å². The first-order chi connectivity index (χ1) is 19.8. The van der Waals surface area contributed by atoms with Crippen LogP contribution in [0.4, 0.5) is 17.5 Å². The third-order valence-corrected chi connectivity index (χ3v) is 9.07. The Morgan fingerprint density at radius 1 is 0.600 bits per heavy atom. The standard InChI is InChI=1S/C35H20N4S/c1-2-10-21(11-3-1)32-24-14-4-7-15-28(24)37-35(38-32)39-29-16-8-5-12-22(29)26-20-27-23-13-6-9-17-30(23)40-33(27)25-18-19-36-34(39)31(25)26/h1-20H. The molecule has 1 aliphatic heterocycles. The van der Waals surface area contributed by atoms with Crippen LogP contribution in [-0.4, -0.2) is 15.0 Å². The predicted octanol–water partition coefficient (Wildman–Crippen LogP) is 9.66. The summed E-state index contributed by atoms with van der Waals surface area (Å²) in [5.74, 6) is 1.48. The van der Waals surface area contributed by atoms with Crippen LogP contribution in [0.15, 0.2) is 121 Å². The molecule has 0 saturated carbocycles. The highest BCUT2D eigenvalue weighted by molar-refractivity contribution is 7.26. The third-order valence-electron chi connectivity index (χ3n) is 7.85. The van der Waals surface area contributed by atoms with E-state index < -0.39 is 0 Å². The smallest absolute Gasteiger partial charge is 0.237 e. The van der Waals surface area contributed by atoms with Crippen molar-refractivity contribution in [3.05, 3.63) is 121 Å². The van der Waals surface area contributed by atoms with Gasteiger partial charge in [-0.2, -0.15) is 0 Å². The van der Waals surface area contributed by atoms with E-state index in [0.717, 1.165) is 44.6 Å². The SMILES string of the molecule is c1ccc(-c2nc(N3c4ccccc4-c4cc5c6ccccc6sc5c5ccnc3c45)nc3ccccc23)cc1. The number of hydrogen-bond donors (Lipinski definition) is 0. The molecule has 0 saturated heterocycles. The normalized spacial score (nSPS) is 12.4. The third kappa shape index (κ3) is 2.98. The molecular weight excluding hydrogens is 508 g/mol. The lowest BCUT2D eigenvalue weighted by atomic mass is 9.91. The fourth-order valence-corrected chi connectivity index (χ4v) is 7.32. The molecule has 0 bridgehead atoms. The molecule has 0 unspecified atom stereocenters. The summed E-state index contributed by atoms with van der Waals surface area (Å²) in [6, 6.07) is 40.3. The van der Waals surface area contributed by atoms with E-state index in [2.05, 4.69) is 102 Å². The van der Waals surface area contributed by atoms with Crippen LogP contribution in [0.25, 0.3) is 64.2 Å². The molecule has 9 rings (SSSR count). The van der Waals surface area contributed by atoms with Gasteiger partial charge < -0.3 is 0 Å². The first kappa shape index (κ1) is 21.8. The zero-order chi connectivity index (χ0) is 26.2. The molecular formula is C35H20N4S. The number of thiophene rings is 1.